The number of rotatable bonds is 3. The van der Waals surface area contributed by atoms with Crippen molar-refractivity contribution in [3.05, 3.63) is 28.3 Å². The summed E-state index contributed by atoms with van der Waals surface area (Å²) in [6.45, 7) is 4.83. The van der Waals surface area contributed by atoms with E-state index in [1.165, 1.54) is 13.0 Å². The summed E-state index contributed by atoms with van der Waals surface area (Å²) < 4.78 is 0. The first-order chi connectivity index (χ1) is 9.40. The lowest BCUT2D eigenvalue weighted by atomic mass is 10.0. The summed E-state index contributed by atoms with van der Waals surface area (Å²) in [6.07, 6.45) is 0. The molecule has 20 heavy (non-hydrogen) atoms. The van der Waals surface area contributed by atoms with E-state index in [2.05, 4.69) is 5.32 Å². The van der Waals surface area contributed by atoms with Gasteiger partial charge in [-0.05, 0) is 26.0 Å². The molecule has 2 rings (SSSR count). The van der Waals surface area contributed by atoms with Crippen LogP contribution >= 0.6 is 11.6 Å². The molecule has 1 heterocycles. The Bertz CT molecular complexity index is 560. The maximum Gasteiger partial charge on any atom is 0.237 e. The monoisotopic (exact) mass is 296 g/mol. The standard InChI is InChI=1S/C14H17ClN2O3/c1-8-14(20)16-3-4-17(8)7-10-5-11(15)6-12(9(2)18)13(10)19/h5-6,8,19H,3-4,7H2,1-2H3,(H,16,20). The zero-order chi connectivity index (χ0) is 14.9. The fraction of sp³-hybridized carbons (Fsp3) is 0.429. The number of carbonyl (C=O) groups is 2. The average molecular weight is 297 g/mol. The van der Waals surface area contributed by atoms with Crippen LogP contribution in [0, 0.1) is 0 Å². The molecule has 1 amide bonds. The summed E-state index contributed by atoms with van der Waals surface area (Å²) in [5, 5.41) is 13.3. The van der Waals surface area contributed by atoms with Crippen molar-refractivity contribution in [3.63, 3.8) is 0 Å². The molecule has 0 saturated carbocycles. The van der Waals surface area contributed by atoms with Crippen LogP contribution in [0.4, 0.5) is 0 Å². The zero-order valence-electron chi connectivity index (χ0n) is 11.4. The Hall–Kier alpha value is -1.59. The van der Waals surface area contributed by atoms with Crippen molar-refractivity contribution in [1.82, 2.24) is 10.2 Å². The number of Topliss-reactive ketones (excluding diaryl/α,β-unsaturated/α-hetero) is 1. The molecule has 1 fully saturated rings. The first kappa shape index (κ1) is 14.8. The molecule has 108 valence electrons. The molecule has 1 aromatic carbocycles. The summed E-state index contributed by atoms with van der Waals surface area (Å²) in [6, 6.07) is 2.81. The normalized spacial score (nSPS) is 19.8. The highest BCUT2D eigenvalue weighted by Crippen LogP contribution is 2.29. The Morgan fingerprint density at radius 3 is 2.90 bits per heavy atom. The highest BCUT2D eigenvalue weighted by molar-refractivity contribution is 6.31. The Labute approximate surface area is 122 Å². The van der Waals surface area contributed by atoms with Crippen molar-refractivity contribution >= 4 is 23.3 Å². The number of phenols is 1. The van der Waals surface area contributed by atoms with Crippen LogP contribution in [-0.4, -0.2) is 40.8 Å². The highest BCUT2D eigenvalue weighted by atomic mass is 35.5. The third kappa shape index (κ3) is 2.94. The summed E-state index contributed by atoms with van der Waals surface area (Å²) in [4.78, 5) is 25.0. The van der Waals surface area contributed by atoms with Crippen LogP contribution in [0.5, 0.6) is 5.75 Å². The Morgan fingerprint density at radius 1 is 1.55 bits per heavy atom. The predicted molar refractivity (Wildman–Crippen MR) is 76.0 cm³/mol. The third-order valence-corrected chi connectivity index (χ3v) is 3.75. The SMILES string of the molecule is CC(=O)c1cc(Cl)cc(CN2CCNC(=O)C2C)c1O. The number of nitrogens with one attached hydrogen (secondary N) is 1. The van der Waals surface area contributed by atoms with Gasteiger partial charge in [-0.1, -0.05) is 11.6 Å². The van der Waals surface area contributed by atoms with Crippen molar-refractivity contribution in [2.75, 3.05) is 13.1 Å². The number of aromatic hydroxyl groups is 1. The number of halogens is 1. The molecule has 1 atom stereocenters. The second-order valence-corrected chi connectivity index (χ2v) is 5.39. The van der Waals surface area contributed by atoms with Gasteiger partial charge in [-0.3, -0.25) is 14.5 Å². The van der Waals surface area contributed by atoms with Crippen LogP contribution in [0.3, 0.4) is 0 Å². The van der Waals surface area contributed by atoms with E-state index in [9.17, 15) is 14.7 Å². The van der Waals surface area contributed by atoms with Gasteiger partial charge in [-0.25, -0.2) is 0 Å². The van der Waals surface area contributed by atoms with E-state index < -0.39 is 0 Å². The number of ketones is 1. The van der Waals surface area contributed by atoms with E-state index >= 15 is 0 Å². The Balaban J connectivity index is 2.29. The first-order valence-electron chi connectivity index (χ1n) is 6.44. The molecule has 2 N–H and O–H groups in total. The zero-order valence-corrected chi connectivity index (χ0v) is 12.2. The van der Waals surface area contributed by atoms with E-state index in [-0.39, 0.29) is 29.0 Å². The second kappa shape index (κ2) is 5.81. The van der Waals surface area contributed by atoms with E-state index in [0.717, 1.165) is 0 Å². The van der Waals surface area contributed by atoms with Gasteiger partial charge in [0.15, 0.2) is 5.78 Å². The number of phenolic OH excluding ortho intramolecular Hbond substituents is 1. The lowest BCUT2D eigenvalue weighted by Gasteiger charge is -2.33. The van der Waals surface area contributed by atoms with Crippen molar-refractivity contribution in [2.24, 2.45) is 0 Å². The number of carbonyl (C=O) groups excluding carboxylic acids is 2. The van der Waals surface area contributed by atoms with Gasteiger partial charge >= 0.3 is 0 Å². The molecule has 0 radical (unpaired) electrons. The van der Waals surface area contributed by atoms with Gasteiger partial charge in [0.1, 0.15) is 5.75 Å². The van der Waals surface area contributed by atoms with Gasteiger partial charge in [0, 0.05) is 30.2 Å². The molecule has 0 spiro atoms. The van der Waals surface area contributed by atoms with Crippen molar-refractivity contribution in [3.8, 4) is 5.75 Å². The fourth-order valence-corrected chi connectivity index (χ4v) is 2.55. The topological polar surface area (TPSA) is 69.6 Å². The Morgan fingerprint density at radius 2 is 2.25 bits per heavy atom. The van der Waals surface area contributed by atoms with Crippen molar-refractivity contribution in [1.29, 1.82) is 0 Å². The molecule has 1 aliphatic heterocycles. The summed E-state index contributed by atoms with van der Waals surface area (Å²) in [5.74, 6) is -0.333. The van der Waals surface area contributed by atoms with Crippen LogP contribution in [-0.2, 0) is 11.3 Å². The number of hydrogen-bond acceptors (Lipinski definition) is 4. The maximum atomic E-state index is 11.6. The van der Waals surface area contributed by atoms with Gasteiger partial charge in [0.25, 0.3) is 0 Å². The second-order valence-electron chi connectivity index (χ2n) is 4.95. The molecular formula is C14H17ClN2O3. The van der Waals surface area contributed by atoms with Crippen LogP contribution in [0.2, 0.25) is 5.02 Å². The molecule has 0 aliphatic carbocycles. The van der Waals surface area contributed by atoms with Gasteiger partial charge in [-0.15, -0.1) is 0 Å². The highest BCUT2D eigenvalue weighted by Gasteiger charge is 2.26. The first-order valence-corrected chi connectivity index (χ1v) is 6.82. The number of piperazine rings is 1. The van der Waals surface area contributed by atoms with Gasteiger partial charge in [0.2, 0.25) is 5.91 Å². The minimum Gasteiger partial charge on any atom is -0.507 e. The van der Waals surface area contributed by atoms with Gasteiger partial charge in [-0.2, -0.15) is 0 Å². The molecular weight excluding hydrogens is 280 g/mol. The van der Waals surface area contributed by atoms with E-state index in [4.69, 9.17) is 11.6 Å². The number of hydrogen-bond donors (Lipinski definition) is 2. The summed E-state index contributed by atoms with van der Waals surface area (Å²) >= 11 is 5.99. The van der Waals surface area contributed by atoms with Crippen molar-refractivity contribution in [2.45, 2.75) is 26.4 Å². The molecule has 6 heteroatoms. The molecule has 1 saturated heterocycles. The van der Waals surface area contributed by atoms with E-state index in [1.54, 1.807) is 6.07 Å². The molecule has 1 aromatic rings. The Kier molecular flexibility index (Phi) is 4.30. The predicted octanol–water partition coefficient (Wildman–Crippen LogP) is 1.57. The van der Waals surface area contributed by atoms with E-state index in [1.807, 2.05) is 11.8 Å². The minimum atomic E-state index is -0.275. The van der Waals surface area contributed by atoms with Crippen molar-refractivity contribution < 1.29 is 14.7 Å². The molecule has 0 aromatic heterocycles. The van der Waals surface area contributed by atoms with Crippen LogP contribution < -0.4 is 5.32 Å². The number of nitrogens with zero attached hydrogens (tertiary/aromatic N) is 1. The molecule has 0 bridgehead atoms. The van der Waals surface area contributed by atoms with Gasteiger partial charge < -0.3 is 10.4 Å². The smallest absolute Gasteiger partial charge is 0.237 e. The summed E-state index contributed by atoms with van der Waals surface area (Å²) in [7, 11) is 0. The summed E-state index contributed by atoms with van der Waals surface area (Å²) in [5.41, 5.74) is 0.769. The number of benzene rings is 1. The van der Waals surface area contributed by atoms with Crippen LogP contribution in [0.15, 0.2) is 12.1 Å². The number of amides is 1. The lowest BCUT2D eigenvalue weighted by Crippen LogP contribution is -2.53. The molecule has 1 unspecified atom stereocenters. The van der Waals surface area contributed by atoms with Crippen LogP contribution in [0.1, 0.15) is 29.8 Å². The van der Waals surface area contributed by atoms with E-state index in [0.29, 0.717) is 30.2 Å². The van der Waals surface area contributed by atoms with Crippen LogP contribution in [0.25, 0.3) is 0 Å². The fourth-order valence-electron chi connectivity index (χ4n) is 2.31. The molecule has 5 nitrogen and oxygen atoms in total. The average Bonchev–Trinajstić information content (AvgIpc) is 2.38. The lowest BCUT2D eigenvalue weighted by molar-refractivity contribution is -0.128. The molecule has 1 aliphatic rings. The minimum absolute atomic E-state index is 0.0374. The quantitative estimate of drug-likeness (QED) is 0.831. The maximum absolute atomic E-state index is 11.6. The largest absolute Gasteiger partial charge is 0.507 e. The third-order valence-electron chi connectivity index (χ3n) is 3.53. The van der Waals surface area contributed by atoms with Gasteiger partial charge in [0.05, 0.1) is 11.6 Å².